The van der Waals surface area contributed by atoms with E-state index in [0.29, 0.717) is 0 Å². The number of rotatable bonds is 6. The van der Waals surface area contributed by atoms with Gasteiger partial charge < -0.3 is 4.90 Å². The standard InChI is InChI=1S/C17H23N5/c1-14-12-15(2)21(19-14)11-5-10-20(3)13-17-7-4-6-16-8-9-18-22(16)17/h4,6-9,12H,5,10-11,13H2,1-3H3. The summed E-state index contributed by atoms with van der Waals surface area (Å²) >= 11 is 0. The van der Waals surface area contributed by atoms with Crippen LogP contribution in [-0.2, 0) is 13.1 Å². The fraction of sp³-hybridized carbons (Fsp3) is 0.412. The van der Waals surface area contributed by atoms with Gasteiger partial charge in [0.2, 0.25) is 0 Å². The molecule has 0 saturated heterocycles. The number of aryl methyl sites for hydroxylation is 3. The number of hydrogen-bond donors (Lipinski definition) is 0. The zero-order valence-electron chi connectivity index (χ0n) is 13.5. The van der Waals surface area contributed by atoms with Gasteiger partial charge in [-0.05, 0) is 51.6 Å². The summed E-state index contributed by atoms with van der Waals surface area (Å²) in [6, 6.07) is 10.5. The molecule has 22 heavy (non-hydrogen) atoms. The minimum Gasteiger partial charge on any atom is -0.300 e. The number of aromatic nitrogens is 4. The molecule has 0 aromatic carbocycles. The van der Waals surface area contributed by atoms with Crippen LogP contribution in [0.5, 0.6) is 0 Å². The van der Waals surface area contributed by atoms with Gasteiger partial charge in [-0.15, -0.1) is 0 Å². The van der Waals surface area contributed by atoms with Gasteiger partial charge in [0, 0.05) is 31.5 Å². The molecular formula is C17H23N5. The smallest absolute Gasteiger partial charge is 0.0665 e. The van der Waals surface area contributed by atoms with Crippen LogP contribution in [0.4, 0.5) is 0 Å². The van der Waals surface area contributed by atoms with Crippen molar-refractivity contribution in [2.75, 3.05) is 13.6 Å². The van der Waals surface area contributed by atoms with E-state index in [1.165, 1.54) is 11.4 Å². The molecule has 3 rings (SSSR count). The zero-order valence-corrected chi connectivity index (χ0v) is 13.5. The third kappa shape index (κ3) is 3.20. The van der Waals surface area contributed by atoms with Gasteiger partial charge >= 0.3 is 0 Å². The van der Waals surface area contributed by atoms with E-state index >= 15 is 0 Å². The molecular weight excluding hydrogens is 274 g/mol. The maximum Gasteiger partial charge on any atom is 0.0665 e. The van der Waals surface area contributed by atoms with Crippen LogP contribution in [0.25, 0.3) is 5.52 Å². The third-order valence-electron chi connectivity index (χ3n) is 3.94. The topological polar surface area (TPSA) is 38.4 Å². The van der Waals surface area contributed by atoms with E-state index < -0.39 is 0 Å². The number of fused-ring (bicyclic) bond motifs is 1. The number of hydrogen-bond acceptors (Lipinski definition) is 3. The molecule has 0 unspecified atom stereocenters. The van der Waals surface area contributed by atoms with Gasteiger partial charge in [0.1, 0.15) is 0 Å². The van der Waals surface area contributed by atoms with Gasteiger partial charge in [-0.25, -0.2) is 4.52 Å². The van der Waals surface area contributed by atoms with Crippen LogP contribution >= 0.6 is 0 Å². The molecule has 0 bridgehead atoms. The Morgan fingerprint density at radius 2 is 2.05 bits per heavy atom. The fourth-order valence-corrected chi connectivity index (χ4v) is 2.88. The van der Waals surface area contributed by atoms with Crippen molar-refractivity contribution in [3.05, 3.63) is 53.6 Å². The van der Waals surface area contributed by atoms with Crippen LogP contribution in [0, 0.1) is 13.8 Å². The lowest BCUT2D eigenvalue weighted by atomic mass is 10.3. The molecule has 0 fully saturated rings. The van der Waals surface area contributed by atoms with Crippen molar-refractivity contribution in [2.24, 2.45) is 0 Å². The van der Waals surface area contributed by atoms with Crippen molar-refractivity contribution < 1.29 is 0 Å². The third-order valence-corrected chi connectivity index (χ3v) is 3.94. The molecule has 3 aromatic rings. The predicted octanol–water partition coefficient (Wildman–Crippen LogP) is 2.67. The molecule has 0 N–H and O–H groups in total. The Balaban J connectivity index is 1.55. The number of nitrogens with zero attached hydrogens (tertiary/aromatic N) is 5. The maximum absolute atomic E-state index is 4.51. The van der Waals surface area contributed by atoms with Gasteiger partial charge in [-0.3, -0.25) is 4.68 Å². The summed E-state index contributed by atoms with van der Waals surface area (Å²) in [5.74, 6) is 0. The Morgan fingerprint density at radius 3 is 2.82 bits per heavy atom. The molecule has 0 spiro atoms. The van der Waals surface area contributed by atoms with E-state index in [1.54, 1.807) is 0 Å². The van der Waals surface area contributed by atoms with Gasteiger partial charge in [-0.1, -0.05) is 6.07 Å². The molecule has 0 radical (unpaired) electrons. The van der Waals surface area contributed by atoms with Crippen LogP contribution in [0.3, 0.4) is 0 Å². The highest BCUT2D eigenvalue weighted by Gasteiger charge is 2.06. The first-order valence-corrected chi connectivity index (χ1v) is 7.75. The monoisotopic (exact) mass is 297 g/mol. The molecule has 3 aromatic heterocycles. The molecule has 0 aliphatic rings. The lowest BCUT2D eigenvalue weighted by molar-refractivity contribution is 0.305. The van der Waals surface area contributed by atoms with Crippen LogP contribution in [-0.4, -0.2) is 37.9 Å². The van der Waals surface area contributed by atoms with Gasteiger partial charge in [0.15, 0.2) is 0 Å². The van der Waals surface area contributed by atoms with E-state index in [1.807, 2.05) is 23.7 Å². The van der Waals surface area contributed by atoms with Crippen molar-refractivity contribution >= 4 is 5.52 Å². The summed E-state index contributed by atoms with van der Waals surface area (Å²) in [6.07, 6.45) is 2.94. The first-order valence-electron chi connectivity index (χ1n) is 7.75. The highest BCUT2D eigenvalue weighted by atomic mass is 15.3. The second-order valence-corrected chi connectivity index (χ2v) is 5.93. The molecule has 5 nitrogen and oxygen atoms in total. The lowest BCUT2D eigenvalue weighted by Crippen LogP contribution is -2.22. The summed E-state index contributed by atoms with van der Waals surface area (Å²) in [5, 5.41) is 8.90. The minimum atomic E-state index is 0.899. The maximum atomic E-state index is 4.51. The first-order chi connectivity index (χ1) is 10.6. The summed E-state index contributed by atoms with van der Waals surface area (Å²) in [7, 11) is 2.16. The van der Waals surface area contributed by atoms with E-state index in [0.717, 1.165) is 37.3 Å². The quantitative estimate of drug-likeness (QED) is 0.702. The first kappa shape index (κ1) is 14.8. The molecule has 3 heterocycles. The highest BCUT2D eigenvalue weighted by Crippen LogP contribution is 2.09. The second-order valence-electron chi connectivity index (χ2n) is 5.93. The Morgan fingerprint density at radius 1 is 1.18 bits per heavy atom. The van der Waals surface area contributed by atoms with Gasteiger partial charge in [-0.2, -0.15) is 10.2 Å². The predicted molar refractivity (Wildman–Crippen MR) is 87.8 cm³/mol. The largest absolute Gasteiger partial charge is 0.300 e. The number of pyridine rings is 1. The minimum absolute atomic E-state index is 0.899. The van der Waals surface area contributed by atoms with Crippen molar-refractivity contribution in [2.45, 2.75) is 33.4 Å². The normalized spacial score (nSPS) is 11.6. The lowest BCUT2D eigenvalue weighted by Gasteiger charge is -2.17. The zero-order chi connectivity index (χ0) is 15.5. The van der Waals surface area contributed by atoms with Gasteiger partial charge in [0.05, 0.1) is 16.9 Å². The molecule has 5 heteroatoms. The van der Waals surface area contributed by atoms with Crippen molar-refractivity contribution in [3.8, 4) is 0 Å². The average molecular weight is 297 g/mol. The van der Waals surface area contributed by atoms with E-state index in [2.05, 4.69) is 58.0 Å². The molecule has 0 amide bonds. The van der Waals surface area contributed by atoms with Gasteiger partial charge in [0.25, 0.3) is 0 Å². The van der Waals surface area contributed by atoms with E-state index in [4.69, 9.17) is 0 Å². The molecule has 0 aliphatic carbocycles. The molecule has 116 valence electrons. The highest BCUT2D eigenvalue weighted by molar-refractivity contribution is 5.46. The van der Waals surface area contributed by atoms with Crippen molar-refractivity contribution in [1.82, 2.24) is 24.3 Å². The Bertz CT molecular complexity index is 755. The summed E-state index contributed by atoms with van der Waals surface area (Å²) in [4.78, 5) is 2.34. The Labute approximate surface area is 131 Å². The fourth-order valence-electron chi connectivity index (χ4n) is 2.88. The van der Waals surface area contributed by atoms with E-state index in [-0.39, 0.29) is 0 Å². The van der Waals surface area contributed by atoms with Crippen molar-refractivity contribution in [1.29, 1.82) is 0 Å². The van der Waals surface area contributed by atoms with Crippen LogP contribution in [0.1, 0.15) is 23.5 Å². The molecule has 0 saturated carbocycles. The molecule has 0 atom stereocenters. The average Bonchev–Trinajstić information content (AvgIpc) is 3.06. The Kier molecular flexibility index (Phi) is 4.24. The van der Waals surface area contributed by atoms with Crippen LogP contribution in [0.15, 0.2) is 36.5 Å². The van der Waals surface area contributed by atoms with Crippen LogP contribution in [0.2, 0.25) is 0 Å². The Hall–Kier alpha value is -2.14. The summed E-state index contributed by atoms with van der Waals surface area (Å²) in [6.45, 7) is 7.06. The SMILES string of the molecule is Cc1cc(C)n(CCCN(C)Cc2cccc3ccnn23)n1. The summed E-state index contributed by atoms with van der Waals surface area (Å²) in [5.41, 5.74) is 4.70. The van der Waals surface area contributed by atoms with Crippen molar-refractivity contribution in [3.63, 3.8) is 0 Å². The molecule has 0 aliphatic heterocycles. The second kappa shape index (κ2) is 6.32. The van der Waals surface area contributed by atoms with Crippen LogP contribution < -0.4 is 0 Å². The van der Waals surface area contributed by atoms with E-state index in [9.17, 15) is 0 Å². The summed E-state index contributed by atoms with van der Waals surface area (Å²) < 4.78 is 4.11.